The zero-order valence-corrected chi connectivity index (χ0v) is 19.3. The van der Waals surface area contributed by atoms with Gasteiger partial charge in [0.15, 0.2) is 0 Å². The molecule has 1 atom stereocenters. The Kier molecular flexibility index (Phi) is 7.31. The Morgan fingerprint density at radius 1 is 1.09 bits per heavy atom. The van der Waals surface area contributed by atoms with Crippen LogP contribution in [0.4, 0.5) is 4.39 Å². The van der Waals surface area contributed by atoms with Crippen molar-refractivity contribution in [2.75, 3.05) is 34.4 Å². The van der Waals surface area contributed by atoms with Gasteiger partial charge < -0.3 is 14.7 Å². The Morgan fingerprint density at radius 3 is 2.24 bits per heavy atom. The number of benzene rings is 2. The molecule has 33 heavy (non-hydrogen) atoms. The summed E-state index contributed by atoms with van der Waals surface area (Å²) in [6.45, 7) is 0.554. The van der Waals surface area contributed by atoms with Crippen molar-refractivity contribution in [1.82, 2.24) is 9.21 Å². The van der Waals surface area contributed by atoms with Gasteiger partial charge in [0, 0.05) is 39.9 Å². The Hall–Kier alpha value is -3.08. The largest absolute Gasteiger partial charge is 0.507 e. The minimum absolute atomic E-state index is 0.0131. The third kappa shape index (κ3) is 4.82. The molecule has 1 heterocycles. The second kappa shape index (κ2) is 9.82. The van der Waals surface area contributed by atoms with Crippen LogP contribution in [0.15, 0.2) is 59.0 Å². The summed E-state index contributed by atoms with van der Waals surface area (Å²) in [5.41, 5.74) is 0.489. The average molecular weight is 477 g/mol. The lowest BCUT2D eigenvalue weighted by Crippen LogP contribution is -2.31. The number of sulfonamides is 1. The number of ketones is 1. The molecule has 0 saturated carbocycles. The van der Waals surface area contributed by atoms with E-state index in [9.17, 15) is 27.5 Å². The number of rotatable bonds is 8. The predicted molar refractivity (Wildman–Crippen MR) is 119 cm³/mol. The molecular weight excluding hydrogens is 451 g/mol. The summed E-state index contributed by atoms with van der Waals surface area (Å²) in [4.78, 5) is 27.0. The standard InChI is InChI=1S/C23H25FN2O6S/c1-25(2)33(30,31)18-11-7-16(8-12-18)21(27)19-20(15-5-9-17(24)10-6-15)26(13-4-14-32-3)23(29)22(19)28/h5-12,20,27H,4,13-14H2,1-3H3. The molecule has 8 nitrogen and oxygen atoms in total. The lowest BCUT2D eigenvalue weighted by atomic mass is 9.95. The van der Waals surface area contributed by atoms with Gasteiger partial charge in [-0.25, -0.2) is 17.1 Å². The number of ether oxygens (including phenoxy) is 1. The van der Waals surface area contributed by atoms with Crippen LogP contribution < -0.4 is 0 Å². The molecule has 0 spiro atoms. The fourth-order valence-corrected chi connectivity index (χ4v) is 4.53. The number of hydrogen-bond donors (Lipinski definition) is 1. The van der Waals surface area contributed by atoms with Crippen molar-refractivity contribution in [2.24, 2.45) is 0 Å². The van der Waals surface area contributed by atoms with Gasteiger partial charge in [0.1, 0.15) is 11.6 Å². The topological polar surface area (TPSA) is 104 Å². The van der Waals surface area contributed by atoms with Crippen molar-refractivity contribution in [3.8, 4) is 0 Å². The van der Waals surface area contributed by atoms with Gasteiger partial charge >= 0.3 is 0 Å². The monoisotopic (exact) mass is 476 g/mol. The first-order valence-electron chi connectivity index (χ1n) is 10.2. The number of aliphatic hydroxyl groups is 1. The summed E-state index contributed by atoms with van der Waals surface area (Å²) < 4.78 is 44.2. The molecule has 0 radical (unpaired) electrons. The average Bonchev–Trinajstić information content (AvgIpc) is 3.04. The van der Waals surface area contributed by atoms with Gasteiger partial charge in [-0.1, -0.05) is 12.1 Å². The van der Waals surface area contributed by atoms with Crippen LogP contribution in [0, 0.1) is 5.82 Å². The summed E-state index contributed by atoms with van der Waals surface area (Å²) in [6.07, 6.45) is 0.457. The van der Waals surface area contributed by atoms with Gasteiger partial charge in [0.2, 0.25) is 10.0 Å². The highest BCUT2D eigenvalue weighted by Gasteiger charge is 2.45. The quantitative estimate of drug-likeness (QED) is 0.272. The molecular formula is C23H25FN2O6S. The summed E-state index contributed by atoms with van der Waals surface area (Å²) >= 11 is 0. The van der Waals surface area contributed by atoms with E-state index < -0.39 is 39.3 Å². The number of likely N-dealkylation sites (tertiary alicyclic amines) is 1. The van der Waals surface area contributed by atoms with E-state index in [1.165, 1.54) is 74.6 Å². The second-order valence-corrected chi connectivity index (χ2v) is 9.85. The number of methoxy groups -OCH3 is 1. The van der Waals surface area contributed by atoms with E-state index in [0.717, 1.165) is 4.31 Å². The first kappa shape index (κ1) is 24.6. The first-order valence-corrected chi connectivity index (χ1v) is 11.6. The summed E-state index contributed by atoms with van der Waals surface area (Å²) in [5.74, 6) is -2.57. The Balaban J connectivity index is 2.09. The lowest BCUT2D eigenvalue weighted by molar-refractivity contribution is -0.140. The third-order valence-corrected chi connectivity index (χ3v) is 7.21. The Labute approximate surface area is 191 Å². The van der Waals surface area contributed by atoms with Crippen LogP contribution >= 0.6 is 0 Å². The van der Waals surface area contributed by atoms with Crippen molar-refractivity contribution in [1.29, 1.82) is 0 Å². The summed E-state index contributed by atoms with van der Waals surface area (Å²) in [5, 5.41) is 11.0. The number of carbonyl (C=O) groups excluding carboxylic acids is 2. The van der Waals surface area contributed by atoms with Gasteiger partial charge in [0.25, 0.3) is 11.7 Å². The zero-order chi connectivity index (χ0) is 24.3. The lowest BCUT2D eigenvalue weighted by Gasteiger charge is -2.25. The number of aliphatic hydroxyl groups excluding tert-OH is 1. The number of hydrogen-bond acceptors (Lipinski definition) is 6. The van der Waals surface area contributed by atoms with Gasteiger partial charge in [-0.2, -0.15) is 0 Å². The molecule has 10 heteroatoms. The summed E-state index contributed by atoms with van der Waals surface area (Å²) in [6, 6.07) is 9.77. The van der Waals surface area contributed by atoms with Crippen LogP contribution in [0.3, 0.4) is 0 Å². The molecule has 1 aliphatic heterocycles. The minimum Gasteiger partial charge on any atom is -0.507 e. The van der Waals surface area contributed by atoms with Gasteiger partial charge in [-0.05, 0) is 48.4 Å². The molecule has 1 fully saturated rings. The number of Topliss-reactive ketones (excluding diaryl/α,β-unsaturated/α-hetero) is 1. The third-order valence-electron chi connectivity index (χ3n) is 5.38. The van der Waals surface area contributed by atoms with Gasteiger partial charge in [-0.15, -0.1) is 0 Å². The maximum absolute atomic E-state index is 13.5. The molecule has 0 aliphatic carbocycles. The molecule has 1 unspecified atom stereocenters. The van der Waals surface area contributed by atoms with Crippen LogP contribution in [-0.2, 0) is 24.3 Å². The molecule has 2 aromatic rings. The number of carbonyl (C=O) groups is 2. The molecule has 1 saturated heterocycles. The van der Waals surface area contributed by atoms with E-state index in [0.29, 0.717) is 18.6 Å². The highest BCUT2D eigenvalue weighted by molar-refractivity contribution is 7.89. The fourth-order valence-electron chi connectivity index (χ4n) is 3.63. The summed E-state index contributed by atoms with van der Waals surface area (Å²) in [7, 11) is 0.641. The van der Waals surface area contributed by atoms with Crippen molar-refractivity contribution in [3.63, 3.8) is 0 Å². The second-order valence-electron chi connectivity index (χ2n) is 7.70. The van der Waals surface area contributed by atoms with E-state index in [1.807, 2.05) is 0 Å². The molecule has 3 rings (SSSR count). The number of amides is 1. The van der Waals surface area contributed by atoms with E-state index in [4.69, 9.17) is 4.74 Å². The normalized spacial score (nSPS) is 18.3. The van der Waals surface area contributed by atoms with Crippen molar-refractivity contribution in [3.05, 3.63) is 71.0 Å². The minimum atomic E-state index is -3.68. The van der Waals surface area contributed by atoms with Gasteiger partial charge in [0.05, 0.1) is 16.5 Å². The smallest absolute Gasteiger partial charge is 0.295 e. The van der Waals surface area contributed by atoms with Crippen LogP contribution in [0.5, 0.6) is 0 Å². The van der Waals surface area contributed by atoms with Crippen LogP contribution in [0.2, 0.25) is 0 Å². The Morgan fingerprint density at radius 2 is 1.70 bits per heavy atom. The number of nitrogens with zero attached hydrogens (tertiary/aromatic N) is 2. The molecule has 1 N–H and O–H groups in total. The SMILES string of the molecule is COCCCN1C(=O)C(=O)C(=C(O)c2ccc(S(=O)(=O)N(C)C)cc2)C1c1ccc(F)cc1. The molecule has 0 aromatic heterocycles. The highest BCUT2D eigenvalue weighted by Crippen LogP contribution is 2.39. The molecule has 1 aliphatic rings. The van der Waals surface area contributed by atoms with Crippen molar-refractivity contribution in [2.45, 2.75) is 17.4 Å². The molecule has 176 valence electrons. The van der Waals surface area contributed by atoms with Crippen LogP contribution in [-0.4, -0.2) is 68.8 Å². The zero-order valence-electron chi connectivity index (χ0n) is 18.5. The van der Waals surface area contributed by atoms with Gasteiger partial charge in [-0.3, -0.25) is 9.59 Å². The number of halogens is 1. The predicted octanol–water partition coefficient (Wildman–Crippen LogP) is 2.53. The maximum atomic E-state index is 13.5. The van der Waals surface area contributed by atoms with Crippen LogP contribution in [0.25, 0.3) is 5.76 Å². The van der Waals surface area contributed by atoms with E-state index >= 15 is 0 Å². The van der Waals surface area contributed by atoms with E-state index in [1.54, 1.807) is 0 Å². The van der Waals surface area contributed by atoms with E-state index in [-0.39, 0.29) is 22.6 Å². The molecule has 0 bridgehead atoms. The highest BCUT2D eigenvalue weighted by atomic mass is 32.2. The van der Waals surface area contributed by atoms with Crippen molar-refractivity contribution >= 4 is 27.5 Å². The Bertz CT molecular complexity index is 1170. The first-order chi connectivity index (χ1) is 15.6. The fraction of sp³-hybridized carbons (Fsp3) is 0.304. The molecule has 2 aromatic carbocycles. The van der Waals surface area contributed by atoms with Crippen molar-refractivity contribution < 1.29 is 32.2 Å². The van der Waals surface area contributed by atoms with E-state index in [2.05, 4.69) is 0 Å². The molecule has 1 amide bonds. The maximum Gasteiger partial charge on any atom is 0.295 e. The van der Waals surface area contributed by atoms with Crippen LogP contribution in [0.1, 0.15) is 23.6 Å².